The molecule has 1 aliphatic carbocycles. The highest BCUT2D eigenvalue weighted by Gasteiger charge is 2.23. The van der Waals surface area contributed by atoms with E-state index in [0.717, 1.165) is 18.8 Å². The minimum atomic E-state index is 0.425. The van der Waals surface area contributed by atoms with E-state index in [1.807, 2.05) is 6.07 Å². The van der Waals surface area contributed by atoms with Gasteiger partial charge >= 0.3 is 0 Å². The fourth-order valence-corrected chi connectivity index (χ4v) is 2.42. The highest BCUT2D eigenvalue weighted by atomic mass is 15.0. The third-order valence-electron chi connectivity index (χ3n) is 3.44. The average Bonchev–Trinajstić information content (AvgIpc) is 2.40. The lowest BCUT2D eigenvalue weighted by Gasteiger charge is -2.31. The molecule has 2 rings (SSSR count). The van der Waals surface area contributed by atoms with Crippen molar-refractivity contribution in [1.29, 1.82) is 5.26 Å². The molecule has 0 aliphatic heterocycles. The Morgan fingerprint density at radius 2 is 2.24 bits per heavy atom. The first kappa shape index (κ1) is 11.9. The molecule has 1 fully saturated rings. The van der Waals surface area contributed by atoms with Crippen LogP contribution in [0, 0.1) is 17.2 Å². The van der Waals surface area contributed by atoms with Crippen molar-refractivity contribution in [2.75, 3.05) is 11.9 Å². The van der Waals surface area contributed by atoms with Crippen molar-refractivity contribution >= 4 is 5.82 Å². The van der Waals surface area contributed by atoms with Gasteiger partial charge in [-0.15, -0.1) is 0 Å². The molecule has 90 valence electrons. The maximum atomic E-state index is 8.70. The van der Waals surface area contributed by atoms with Gasteiger partial charge in [0.25, 0.3) is 0 Å². The summed E-state index contributed by atoms with van der Waals surface area (Å²) in [5, 5.41) is 12.1. The molecule has 2 atom stereocenters. The van der Waals surface area contributed by atoms with Crippen LogP contribution in [0.2, 0.25) is 0 Å². The minimum Gasteiger partial charge on any atom is -0.367 e. The molecule has 3 N–H and O–H groups in total. The van der Waals surface area contributed by atoms with Crippen molar-refractivity contribution in [3.05, 3.63) is 23.9 Å². The number of hydrogen-bond donors (Lipinski definition) is 2. The Balaban J connectivity index is 2.01. The van der Waals surface area contributed by atoms with Gasteiger partial charge in [0, 0.05) is 12.2 Å². The largest absolute Gasteiger partial charge is 0.367 e. The molecule has 1 aromatic rings. The van der Waals surface area contributed by atoms with E-state index in [4.69, 9.17) is 11.0 Å². The smallest absolute Gasteiger partial charge is 0.126 e. The van der Waals surface area contributed by atoms with E-state index in [0.29, 0.717) is 17.5 Å². The highest BCUT2D eigenvalue weighted by molar-refractivity contribution is 5.40. The molecule has 4 heteroatoms. The van der Waals surface area contributed by atoms with E-state index in [1.54, 1.807) is 12.3 Å². The number of nitriles is 1. The maximum absolute atomic E-state index is 8.70. The molecular weight excluding hydrogens is 212 g/mol. The quantitative estimate of drug-likeness (QED) is 0.831. The predicted octanol–water partition coefficient (Wildman–Crippen LogP) is 1.88. The molecule has 4 nitrogen and oxygen atoms in total. The van der Waals surface area contributed by atoms with Crippen LogP contribution in [0.4, 0.5) is 5.82 Å². The van der Waals surface area contributed by atoms with Crippen LogP contribution in [0.15, 0.2) is 18.3 Å². The molecule has 0 amide bonds. The van der Waals surface area contributed by atoms with Crippen molar-refractivity contribution in [2.24, 2.45) is 11.7 Å². The fraction of sp³-hybridized carbons (Fsp3) is 0.538. The van der Waals surface area contributed by atoms with Crippen LogP contribution in [0.25, 0.3) is 0 Å². The normalized spacial score (nSPS) is 24.0. The molecule has 17 heavy (non-hydrogen) atoms. The fourth-order valence-electron chi connectivity index (χ4n) is 2.42. The molecule has 0 aromatic carbocycles. The summed E-state index contributed by atoms with van der Waals surface area (Å²) < 4.78 is 0. The Hall–Kier alpha value is -1.60. The summed E-state index contributed by atoms with van der Waals surface area (Å²) in [4.78, 5) is 4.24. The molecule has 1 aromatic heterocycles. The van der Waals surface area contributed by atoms with Gasteiger partial charge in [0.15, 0.2) is 0 Å². The molecule has 1 heterocycles. The molecule has 0 bridgehead atoms. The average molecular weight is 230 g/mol. The van der Waals surface area contributed by atoms with Crippen molar-refractivity contribution in [3.63, 3.8) is 0 Å². The van der Waals surface area contributed by atoms with Gasteiger partial charge in [0.05, 0.1) is 5.56 Å². The number of hydrogen-bond acceptors (Lipinski definition) is 4. The Kier molecular flexibility index (Phi) is 3.94. The SMILES string of the molecule is N#Cc1ccc(NC2CCCCC2CN)nc1. The lowest BCUT2D eigenvalue weighted by molar-refractivity contribution is 0.332. The number of nitrogens with two attached hydrogens (primary N) is 1. The number of nitrogens with zero attached hydrogens (tertiary/aromatic N) is 2. The molecule has 0 saturated heterocycles. The van der Waals surface area contributed by atoms with Crippen LogP contribution >= 0.6 is 0 Å². The molecule has 2 unspecified atom stereocenters. The van der Waals surface area contributed by atoms with E-state index in [9.17, 15) is 0 Å². The first-order valence-electron chi connectivity index (χ1n) is 6.16. The summed E-state index contributed by atoms with van der Waals surface area (Å²) in [6.07, 6.45) is 6.49. The van der Waals surface area contributed by atoms with Gasteiger partial charge < -0.3 is 11.1 Å². The Morgan fingerprint density at radius 1 is 1.41 bits per heavy atom. The monoisotopic (exact) mass is 230 g/mol. The summed E-state index contributed by atoms with van der Waals surface area (Å²) in [5.74, 6) is 1.38. The van der Waals surface area contributed by atoms with Gasteiger partial charge in [0.1, 0.15) is 11.9 Å². The van der Waals surface area contributed by atoms with Gasteiger partial charge in [0.2, 0.25) is 0 Å². The number of pyridine rings is 1. The predicted molar refractivity (Wildman–Crippen MR) is 67.4 cm³/mol. The van der Waals surface area contributed by atoms with Gasteiger partial charge in [-0.2, -0.15) is 5.26 Å². The summed E-state index contributed by atoms with van der Waals surface area (Å²) in [5.41, 5.74) is 6.38. The minimum absolute atomic E-state index is 0.425. The first-order chi connectivity index (χ1) is 8.33. The standard InChI is InChI=1S/C13H18N4/c14-7-10-5-6-13(16-9-10)17-12-4-2-1-3-11(12)8-15/h5-6,9,11-12H,1-4,8,15H2,(H,16,17). The molecule has 0 spiro atoms. The molecule has 1 aliphatic rings. The van der Waals surface area contributed by atoms with Crippen molar-refractivity contribution < 1.29 is 0 Å². The van der Waals surface area contributed by atoms with E-state index in [-0.39, 0.29) is 0 Å². The Labute approximate surface area is 102 Å². The third-order valence-corrected chi connectivity index (χ3v) is 3.44. The highest BCUT2D eigenvalue weighted by Crippen LogP contribution is 2.25. The zero-order valence-electron chi connectivity index (χ0n) is 9.89. The van der Waals surface area contributed by atoms with Crippen LogP contribution in [0.1, 0.15) is 31.2 Å². The second-order valence-corrected chi connectivity index (χ2v) is 4.57. The first-order valence-corrected chi connectivity index (χ1v) is 6.16. The summed E-state index contributed by atoms with van der Waals surface area (Å²) >= 11 is 0. The third kappa shape index (κ3) is 2.95. The van der Waals surface area contributed by atoms with Crippen LogP contribution < -0.4 is 11.1 Å². The molecule has 1 saturated carbocycles. The van der Waals surface area contributed by atoms with E-state index >= 15 is 0 Å². The van der Waals surface area contributed by atoms with E-state index < -0.39 is 0 Å². The topological polar surface area (TPSA) is 74.7 Å². The second-order valence-electron chi connectivity index (χ2n) is 4.57. The van der Waals surface area contributed by atoms with Crippen molar-refractivity contribution in [1.82, 2.24) is 4.98 Å². The van der Waals surface area contributed by atoms with Gasteiger partial charge in [-0.1, -0.05) is 12.8 Å². The summed E-state index contributed by atoms with van der Waals surface area (Å²) in [6, 6.07) is 6.14. The molecular formula is C13H18N4. The number of anilines is 1. The zero-order valence-corrected chi connectivity index (χ0v) is 9.89. The van der Waals surface area contributed by atoms with Crippen molar-refractivity contribution in [3.8, 4) is 6.07 Å². The lowest BCUT2D eigenvalue weighted by atomic mass is 9.84. The van der Waals surface area contributed by atoms with E-state index in [2.05, 4.69) is 16.4 Å². The molecule has 0 radical (unpaired) electrons. The Bertz CT molecular complexity index is 393. The summed E-state index contributed by atoms with van der Waals surface area (Å²) in [7, 11) is 0. The maximum Gasteiger partial charge on any atom is 0.126 e. The number of rotatable bonds is 3. The van der Waals surface area contributed by atoms with Crippen molar-refractivity contribution in [2.45, 2.75) is 31.7 Å². The number of aromatic nitrogens is 1. The summed E-state index contributed by atoms with van der Waals surface area (Å²) in [6.45, 7) is 0.730. The van der Waals surface area contributed by atoms with Crippen LogP contribution in [-0.2, 0) is 0 Å². The van der Waals surface area contributed by atoms with Crippen LogP contribution in [0.5, 0.6) is 0 Å². The lowest BCUT2D eigenvalue weighted by Crippen LogP contribution is -2.36. The number of nitrogens with one attached hydrogen (secondary N) is 1. The van der Waals surface area contributed by atoms with Crippen LogP contribution in [-0.4, -0.2) is 17.6 Å². The van der Waals surface area contributed by atoms with Gasteiger partial charge in [-0.25, -0.2) is 4.98 Å². The van der Waals surface area contributed by atoms with E-state index in [1.165, 1.54) is 19.3 Å². The van der Waals surface area contributed by atoms with Gasteiger partial charge in [-0.05, 0) is 37.4 Å². The van der Waals surface area contributed by atoms with Crippen LogP contribution in [0.3, 0.4) is 0 Å². The van der Waals surface area contributed by atoms with Gasteiger partial charge in [-0.3, -0.25) is 0 Å². The Morgan fingerprint density at radius 3 is 2.88 bits per heavy atom. The zero-order chi connectivity index (χ0) is 12.1. The second kappa shape index (κ2) is 5.65.